The highest BCUT2D eigenvalue weighted by molar-refractivity contribution is 6.40. The van der Waals surface area contributed by atoms with Crippen molar-refractivity contribution in [2.45, 2.75) is 155 Å². The predicted molar refractivity (Wildman–Crippen MR) is 179 cm³/mol. The monoisotopic (exact) mass is 654 g/mol. The van der Waals surface area contributed by atoms with Crippen molar-refractivity contribution in [2.24, 2.45) is 27.6 Å². The minimum absolute atomic E-state index is 0.00641. The molecule has 1 aliphatic heterocycles. The third kappa shape index (κ3) is 6.32. The first kappa shape index (κ1) is 35.3. The lowest BCUT2D eigenvalue weighted by atomic mass is 9.73. The van der Waals surface area contributed by atoms with Crippen LogP contribution in [0.15, 0.2) is 0 Å². The molecule has 5 rings (SSSR count). The van der Waals surface area contributed by atoms with Crippen LogP contribution < -0.4 is 21.3 Å². The van der Waals surface area contributed by atoms with Crippen molar-refractivity contribution in [1.82, 2.24) is 26.2 Å². The second-order valence-electron chi connectivity index (χ2n) is 16.8. The molecule has 2 spiro atoms. The van der Waals surface area contributed by atoms with E-state index in [2.05, 4.69) is 35.1 Å². The molecule has 0 radical (unpaired) electrons. The first-order chi connectivity index (χ1) is 22.1. The topological polar surface area (TPSA) is 161 Å². The van der Waals surface area contributed by atoms with Crippen LogP contribution in [0.3, 0.4) is 0 Å². The van der Waals surface area contributed by atoms with Crippen molar-refractivity contribution in [3.05, 3.63) is 0 Å². The average molecular weight is 655 g/mol. The molecule has 0 aromatic heterocycles. The van der Waals surface area contributed by atoms with Gasteiger partial charge in [0, 0.05) is 18.0 Å². The molecule has 1 saturated heterocycles. The van der Waals surface area contributed by atoms with E-state index >= 15 is 0 Å². The normalized spacial score (nSPS) is 28.0. The number of nitrogens with one attached hydrogen (secondary N) is 5. The maximum atomic E-state index is 14.8. The van der Waals surface area contributed by atoms with E-state index in [0.717, 1.165) is 64.2 Å². The number of hydrogen-bond donors (Lipinski definition) is 5. The number of rotatable bonds is 13. The molecule has 11 heteroatoms. The van der Waals surface area contributed by atoms with E-state index in [1.807, 2.05) is 27.7 Å². The van der Waals surface area contributed by atoms with E-state index in [4.69, 9.17) is 5.41 Å². The van der Waals surface area contributed by atoms with Crippen LogP contribution in [0.2, 0.25) is 0 Å². The Labute approximate surface area is 280 Å². The molecule has 5 aliphatic rings. The highest BCUT2D eigenvalue weighted by Crippen LogP contribution is 2.88. The Bertz CT molecular complexity index is 1260. The molecule has 1 unspecified atom stereocenters. The van der Waals surface area contributed by atoms with Crippen molar-refractivity contribution in [1.29, 1.82) is 5.41 Å². The van der Waals surface area contributed by atoms with Gasteiger partial charge in [0.2, 0.25) is 24.1 Å². The van der Waals surface area contributed by atoms with Crippen LogP contribution in [0.5, 0.6) is 0 Å². The van der Waals surface area contributed by atoms with Crippen LogP contribution in [-0.2, 0) is 24.0 Å². The standard InChI is InChI=1S/C36H58N6O5/c1-7-12-24(26(37)30(45)39-23-15-16-23)40-29(44)25-19-36(34(5,6)35(36)17-11-18-35)20-42(25)32(47)28(33(2,3)4)41-31(46)27(38-21-43)22-13-9-8-10-14-22/h21-25,27-28,37H,7-20H2,1-6H3,(H,38,43)(H,39,45)(H,40,44)(H,41,46)/t24-,25-,27?,28+,36+/m0/s1. The van der Waals surface area contributed by atoms with Crippen LogP contribution in [0, 0.1) is 33.0 Å². The van der Waals surface area contributed by atoms with Gasteiger partial charge in [-0.1, -0.05) is 73.6 Å². The summed E-state index contributed by atoms with van der Waals surface area (Å²) in [5.41, 5.74) is -1.03. The van der Waals surface area contributed by atoms with Gasteiger partial charge in [0.05, 0.1) is 6.04 Å². The maximum Gasteiger partial charge on any atom is 0.267 e. The number of carbonyl (C=O) groups excluding carboxylic acids is 5. The molecule has 4 aliphatic carbocycles. The molecular weight excluding hydrogens is 596 g/mol. The summed E-state index contributed by atoms with van der Waals surface area (Å²) in [7, 11) is 0. The van der Waals surface area contributed by atoms with Gasteiger partial charge in [-0.05, 0) is 73.5 Å². The molecule has 262 valence electrons. The molecule has 5 fully saturated rings. The van der Waals surface area contributed by atoms with Gasteiger partial charge in [-0.2, -0.15) is 0 Å². The minimum Gasteiger partial charge on any atom is -0.348 e. The molecule has 5 N–H and O–H groups in total. The van der Waals surface area contributed by atoms with E-state index in [-0.39, 0.29) is 51.6 Å². The van der Waals surface area contributed by atoms with Gasteiger partial charge in [0.1, 0.15) is 23.8 Å². The van der Waals surface area contributed by atoms with Crippen LogP contribution in [0.25, 0.3) is 0 Å². The average Bonchev–Trinajstić information content (AvgIpc) is 3.82. The number of likely N-dealkylation sites (tertiary alicyclic amines) is 1. The summed E-state index contributed by atoms with van der Waals surface area (Å²) in [6.45, 7) is 12.6. The summed E-state index contributed by atoms with van der Waals surface area (Å²) in [5.74, 6) is -1.47. The van der Waals surface area contributed by atoms with Crippen LogP contribution in [0.1, 0.15) is 125 Å². The SMILES string of the molecule is CCC[C@H](NC(=O)[C@@H]1C[C@@]2(CN1C(=O)[C@@H](NC(=O)C(NC=O)C1CCCCC1)C(C)(C)C)C(C)(C)C21CCC1)C(=N)C(=O)NC1CC1. The Hall–Kier alpha value is -2.98. The van der Waals surface area contributed by atoms with Crippen LogP contribution in [-0.4, -0.2) is 77.4 Å². The van der Waals surface area contributed by atoms with E-state index in [1.165, 1.54) is 0 Å². The predicted octanol–water partition coefficient (Wildman–Crippen LogP) is 3.59. The zero-order valence-electron chi connectivity index (χ0n) is 29.4. The van der Waals surface area contributed by atoms with Crippen molar-refractivity contribution in [2.75, 3.05) is 6.54 Å². The lowest BCUT2D eigenvalue weighted by Gasteiger charge is -2.37. The Morgan fingerprint density at radius 1 is 0.957 bits per heavy atom. The quantitative estimate of drug-likeness (QED) is 0.151. The fourth-order valence-corrected chi connectivity index (χ4v) is 9.57. The number of carbonyl (C=O) groups is 5. The fraction of sp³-hybridized carbons (Fsp3) is 0.833. The summed E-state index contributed by atoms with van der Waals surface area (Å²) in [6, 6.07) is -3.09. The van der Waals surface area contributed by atoms with Gasteiger partial charge >= 0.3 is 0 Å². The smallest absolute Gasteiger partial charge is 0.267 e. The third-order valence-corrected chi connectivity index (χ3v) is 12.8. The minimum atomic E-state index is -0.923. The molecular formula is C36H58N6O5. The number of nitrogens with zero attached hydrogens (tertiary/aromatic N) is 1. The molecule has 5 atom stereocenters. The Morgan fingerprint density at radius 2 is 1.62 bits per heavy atom. The molecule has 0 bridgehead atoms. The van der Waals surface area contributed by atoms with Gasteiger partial charge < -0.3 is 26.2 Å². The Morgan fingerprint density at radius 3 is 2.13 bits per heavy atom. The van der Waals surface area contributed by atoms with Gasteiger partial charge in [-0.15, -0.1) is 0 Å². The number of amides is 5. The van der Waals surface area contributed by atoms with Crippen molar-refractivity contribution < 1.29 is 24.0 Å². The molecule has 47 heavy (non-hydrogen) atoms. The van der Waals surface area contributed by atoms with Crippen LogP contribution >= 0.6 is 0 Å². The van der Waals surface area contributed by atoms with E-state index < -0.39 is 35.5 Å². The summed E-state index contributed by atoms with van der Waals surface area (Å²) in [6.07, 6.45) is 12.1. The largest absolute Gasteiger partial charge is 0.348 e. The number of fused-ring (bicyclic) bond motifs is 1. The summed E-state index contributed by atoms with van der Waals surface area (Å²) in [5, 5.41) is 20.3. The molecule has 0 aromatic rings. The zero-order chi connectivity index (χ0) is 34.4. The molecule has 4 saturated carbocycles. The zero-order valence-corrected chi connectivity index (χ0v) is 29.4. The van der Waals surface area contributed by atoms with Gasteiger partial charge in [-0.25, -0.2) is 0 Å². The fourth-order valence-electron chi connectivity index (χ4n) is 9.57. The maximum absolute atomic E-state index is 14.8. The first-order valence-corrected chi connectivity index (χ1v) is 18.1. The van der Waals surface area contributed by atoms with Crippen molar-refractivity contribution in [3.8, 4) is 0 Å². The highest BCUT2D eigenvalue weighted by Gasteiger charge is 2.85. The third-order valence-electron chi connectivity index (χ3n) is 12.8. The second-order valence-corrected chi connectivity index (χ2v) is 16.8. The van der Waals surface area contributed by atoms with Gasteiger partial charge in [0.25, 0.3) is 5.91 Å². The summed E-state index contributed by atoms with van der Waals surface area (Å²) >= 11 is 0. The van der Waals surface area contributed by atoms with Crippen molar-refractivity contribution in [3.63, 3.8) is 0 Å². The van der Waals surface area contributed by atoms with E-state index in [9.17, 15) is 24.0 Å². The molecule has 0 aromatic carbocycles. The first-order valence-electron chi connectivity index (χ1n) is 18.1. The number of hydrogen-bond acceptors (Lipinski definition) is 6. The Balaban J connectivity index is 1.41. The summed E-state index contributed by atoms with van der Waals surface area (Å²) < 4.78 is 0. The van der Waals surface area contributed by atoms with E-state index in [1.54, 1.807) is 4.90 Å². The Kier molecular flexibility index (Phi) is 9.88. The lowest BCUT2D eigenvalue weighted by molar-refractivity contribution is -0.144. The molecule has 11 nitrogen and oxygen atoms in total. The molecule has 5 amide bonds. The van der Waals surface area contributed by atoms with Gasteiger partial charge in [0.15, 0.2) is 0 Å². The lowest BCUT2D eigenvalue weighted by Crippen LogP contribution is -2.61. The van der Waals surface area contributed by atoms with Gasteiger partial charge in [-0.3, -0.25) is 29.4 Å². The second kappa shape index (κ2) is 13.1. The van der Waals surface area contributed by atoms with E-state index in [0.29, 0.717) is 32.2 Å². The van der Waals surface area contributed by atoms with Crippen LogP contribution in [0.4, 0.5) is 0 Å². The summed E-state index contributed by atoms with van der Waals surface area (Å²) in [4.78, 5) is 68.9. The highest BCUT2D eigenvalue weighted by atomic mass is 16.2. The van der Waals surface area contributed by atoms with Crippen molar-refractivity contribution >= 4 is 35.8 Å². The molecule has 1 heterocycles.